The van der Waals surface area contributed by atoms with Crippen LogP contribution in [0.2, 0.25) is 0 Å². The van der Waals surface area contributed by atoms with E-state index < -0.39 is 0 Å². The van der Waals surface area contributed by atoms with Gasteiger partial charge in [-0.2, -0.15) is 0 Å². The van der Waals surface area contributed by atoms with Crippen molar-refractivity contribution in [3.8, 4) is 0 Å². The van der Waals surface area contributed by atoms with Crippen molar-refractivity contribution in [3.63, 3.8) is 0 Å². The summed E-state index contributed by atoms with van der Waals surface area (Å²) < 4.78 is 5.19. The highest BCUT2D eigenvalue weighted by Crippen LogP contribution is 2.26. The zero-order valence-electron chi connectivity index (χ0n) is 9.29. The molecule has 1 aromatic heterocycles. The number of hydrogen-bond acceptors (Lipinski definition) is 2. The van der Waals surface area contributed by atoms with Gasteiger partial charge < -0.3 is 4.42 Å². The van der Waals surface area contributed by atoms with Crippen LogP contribution in [0.25, 0.3) is 0 Å². The topological polar surface area (TPSA) is 30.2 Å². The maximum Gasteiger partial charge on any atom is 0.169 e. The van der Waals surface area contributed by atoms with Gasteiger partial charge in [0.25, 0.3) is 0 Å². The third kappa shape index (κ3) is 2.49. The van der Waals surface area contributed by atoms with Crippen LogP contribution in [0, 0.1) is 12.8 Å². The van der Waals surface area contributed by atoms with Crippen molar-refractivity contribution >= 4 is 5.78 Å². The third-order valence-electron chi connectivity index (χ3n) is 3.24. The molecule has 0 spiro atoms. The number of carbonyl (C=O) groups is 1. The lowest BCUT2D eigenvalue weighted by molar-refractivity contribution is 0.0907. The zero-order chi connectivity index (χ0) is 10.7. The lowest BCUT2D eigenvalue weighted by atomic mass is 9.92. The van der Waals surface area contributed by atoms with E-state index in [0.29, 0.717) is 0 Å². The normalized spacial score (nSPS) is 18.7. The number of ketones is 1. The molecular formula is C13H18O2. The van der Waals surface area contributed by atoms with Gasteiger partial charge in [0.1, 0.15) is 12.0 Å². The van der Waals surface area contributed by atoms with E-state index in [1.165, 1.54) is 25.7 Å². The van der Waals surface area contributed by atoms with Gasteiger partial charge in [-0.05, 0) is 25.8 Å². The molecule has 0 atom stereocenters. The highest BCUT2D eigenvalue weighted by molar-refractivity contribution is 5.97. The summed E-state index contributed by atoms with van der Waals surface area (Å²) in [7, 11) is 0. The Labute approximate surface area is 90.7 Å². The van der Waals surface area contributed by atoms with Crippen LogP contribution in [0.3, 0.4) is 0 Å². The molecule has 0 aromatic carbocycles. The van der Waals surface area contributed by atoms with Crippen molar-refractivity contribution in [3.05, 3.63) is 23.7 Å². The summed E-state index contributed by atoms with van der Waals surface area (Å²) in [4.78, 5) is 12.1. The first kappa shape index (κ1) is 10.5. The van der Waals surface area contributed by atoms with Crippen molar-refractivity contribution in [2.24, 2.45) is 5.92 Å². The fourth-order valence-electron chi connectivity index (χ4n) is 2.35. The first-order valence-corrected chi connectivity index (χ1v) is 5.87. The Morgan fingerprint density at radius 3 is 2.47 bits per heavy atom. The molecule has 0 amide bonds. The third-order valence-corrected chi connectivity index (χ3v) is 3.24. The molecule has 0 unspecified atom stereocenters. The van der Waals surface area contributed by atoms with E-state index in [9.17, 15) is 4.79 Å². The van der Waals surface area contributed by atoms with Gasteiger partial charge in [-0.1, -0.05) is 25.7 Å². The van der Waals surface area contributed by atoms with Gasteiger partial charge in [0.15, 0.2) is 5.78 Å². The molecule has 0 N–H and O–H groups in total. The van der Waals surface area contributed by atoms with Crippen molar-refractivity contribution in [2.75, 3.05) is 0 Å². The molecule has 2 rings (SSSR count). The highest BCUT2D eigenvalue weighted by Gasteiger charge is 2.22. The molecule has 1 aromatic rings. The Bertz CT molecular complexity index is 330. The minimum atomic E-state index is 0.240. The monoisotopic (exact) mass is 206 g/mol. The number of Topliss-reactive ketones (excluding diaryl/α,β-unsaturated/α-hetero) is 1. The van der Waals surface area contributed by atoms with Crippen molar-refractivity contribution in [1.29, 1.82) is 0 Å². The Kier molecular flexibility index (Phi) is 3.24. The molecular weight excluding hydrogens is 188 g/mol. The van der Waals surface area contributed by atoms with Crippen LogP contribution in [0.5, 0.6) is 0 Å². The van der Waals surface area contributed by atoms with Crippen LogP contribution in [-0.4, -0.2) is 5.78 Å². The summed E-state index contributed by atoms with van der Waals surface area (Å²) in [6.07, 6.45) is 8.69. The van der Waals surface area contributed by atoms with Crippen LogP contribution >= 0.6 is 0 Å². The lowest BCUT2D eigenvalue weighted by Gasteiger charge is -2.10. The standard InChI is InChI=1S/C13H18O2/c1-10-8-12(9-15-10)13(14)11-6-4-2-3-5-7-11/h8-9,11H,2-7H2,1H3. The van der Waals surface area contributed by atoms with Crippen LogP contribution in [0.15, 0.2) is 16.7 Å². The number of furan rings is 1. The summed E-state index contributed by atoms with van der Waals surface area (Å²) in [6, 6.07) is 1.85. The molecule has 2 nitrogen and oxygen atoms in total. The summed E-state index contributed by atoms with van der Waals surface area (Å²) in [5.41, 5.74) is 0.763. The van der Waals surface area contributed by atoms with E-state index in [1.807, 2.05) is 13.0 Å². The molecule has 1 saturated carbocycles. The molecule has 1 aliphatic carbocycles. The predicted octanol–water partition coefficient (Wildman–Crippen LogP) is 3.74. The molecule has 1 heterocycles. The molecule has 1 aliphatic rings. The average Bonchev–Trinajstić information content (AvgIpc) is 2.53. The van der Waals surface area contributed by atoms with E-state index in [2.05, 4.69) is 0 Å². The van der Waals surface area contributed by atoms with Gasteiger partial charge in [-0.25, -0.2) is 0 Å². The zero-order valence-corrected chi connectivity index (χ0v) is 9.29. The first-order chi connectivity index (χ1) is 7.27. The number of carbonyl (C=O) groups excluding carboxylic acids is 1. The highest BCUT2D eigenvalue weighted by atomic mass is 16.3. The van der Waals surface area contributed by atoms with Crippen molar-refractivity contribution < 1.29 is 9.21 Å². The summed E-state index contributed by atoms with van der Waals surface area (Å²) in [5.74, 6) is 1.35. The van der Waals surface area contributed by atoms with E-state index >= 15 is 0 Å². The quantitative estimate of drug-likeness (QED) is 0.545. The Morgan fingerprint density at radius 1 is 1.27 bits per heavy atom. The van der Waals surface area contributed by atoms with Gasteiger partial charge >= 0.3 is 0 Å². The van der Waals surface area contributed by atoms with Gasteiger partial charge in [-0.3, -0.25) is 4.79 Å². The fraction of sp³-hybridized carbons (Fsp3) is 0.615. The second kappa shape index (κ2) is 4.65. The Morgan fingerprint density at radius 2 is 1.93 bits per heavy atom. The lowest BCUT2D eigenvalue weighted by Crippen LogP contribution is -2.13. The maximum absolute atomic E-state index is 12.1. The predicted molar refractivity (Wildman–Crippen MR) is 59.0 cm³/mol. The largest absolute Gasteiger partial charge is 0.469 e. The van der Waals surface area contributed by atoms with Gasteiger partial charge in [0.05, 0.1) is 5.56 Å². The van der Waals surface area contributed by atoms with Gasteiger partial charge in [0.2, 0.25) is 0 Å². The minimum absolute atomic E-state index is 0.240. The molecule has 1 fully saturated rings. The molecule has 15 heavy (non-hydrogen) atoms. The summed E-state index contributed by atoms with van der Waals surface area (Å²) >= 11 is 0. The smallest absolute Gasteiger partial charge is 0.169 e. The summed E-state index contributed by atoms with van der Waals surface area (Å²) in [5, 5.41) is 0. The molecule has 0 radical (unpaired) electrons. The second-order valence-corrected chi connectivity index (χ2v) is 4.50. The van der Waals surface area contributed by atoms with E-state index in [-0.39, 0.29) is 11.7 Å². The van der Waals surface area contributed by atoms with E-state index in [0.717, 1.165) is 24.2 Å². The van der Waals surface area contributed by atoms with Crippen molar-refractivity contribution in [1.82, 2.24) is 0 Å². The molecule has 82 valence electrons. The van der Waals surface area contributed by atoms with Gasteiger partial charge in [-0.15, -0.1) is 0 Å². The number of aryl methyl sites for hydroxylation is 1. The van der Waals surface area contributed by atoms with Crippen molar-refractivity contribution in [2.45, 2.75) is 45.4 Å². The van der Waals surface area contributed by atoms with E-state index in [4.69, 9.17) is 4.42 Å². The molecule has 0 aliphatic heterocycles. The SMILES string of the molecule is Cc1cc(C(=O)C2CCCCCC2)co1. The maximum atomic E-state index is 12.1. The van der Waals surface area contributed by atoms with Crippen LogP contribution in [-0.2, 0) is 0 Å². The van der Waals surface area contributed by atoms with Crippen LogP contribution in [0.1, 0.15) is 54.6 Å². The Hall–Kier alpha value is -1.05. The van der Waals surface area contributed by atoms with Crippen LogP contribution in [0.4, 0.5) is 0 Å². The number of rotatable bonds is 2. The first-order valence-electron chi connectivity index (χ1n) is 5.87. The summed E-state index contributed by atoms with van der Waals surface area (Å²) in [6.45, 7) is 1.88. The van der Waals surface area contributed by atoms with E-state index in [1.54, 1.807) is 6.26 Å². The number of hydrogen-bond donors (Lipinski definition) is 0. The minimum Gasteiger partial charge on any atom is -0.469 e. The Balaban J connectivity index is 2.06. The van der Waals surface area contributed by atoms with Crippen LogP contribution < -0.4 is 0 Å². The molecule has 0 saturated heterocycles. The van der Waals surface area contributed by atoms with Gasteiger partial charge in [0, 0.05) is 5.92 Å². The average molecular weight is 206 g/mol. The fourth-order valence-corrected chi connectivity index (χ4v) is 2.35. The molecule has 0 bridgehead atoms. The molecule has 2 heteroatoms. The second-order valence-electron chi connectivity index (χ2n) is 4.50.